The molecule has 84 valence electrons. The lowest BCUT2D eigenvalue weighted by molar-refractivity contribution is 0.107. The lowest BCUT2D eigenvalue weighted by atomic mass is 10.0. The minimum Gasteiger partial charge on any atom is -0.496 e. The number of nitrogens with two attached hydrogens (primary N) is 1. The van der Waals surface area contributed by atoms with Gasteiger partial charge in [0.15, 0.2) is 0 Å². The molecule has 1 rings (SSSR count). The molecule has 1 aromatic rings. The molecular formula is C12H19NO2. The van der Waals surface area contributed by atoms with Gasteiger partial charge in [0, 0.05) is 12.7 Å². The van der Waals surface area contributed by atoms with Crippen LogP contribution >= 0.6 is 0 Å². The van der Waals surface area contributed by atoms with E-state index in [9.17, 15) is 0 Å². The highest BCUT2D eigenvalue weighted by Gasteiger charge is 2.12. The fourth-order valence-corrected chi connectivity index (χ4v) is 1.45. The average molecular weight is 209 g/mol. The molecule has 2 N–H and O–H groups in total. The Morgan fingerprint density at radius 3 is 2.33 bits per heavy atom. The standard InChI is InChI=1S/C12H19NO2/c1-8(2)9-5-6-10(12(13)15-4)11(7-9)14-3/h5-8,12H,13H2,1-4H3. The van der Waals surface area contributed by atoms with E-state index in [2.05, 4.69) is 19.9 Å². The number of ether oxygens (including phenoxy) is 2. The van der Waals surface area contributed by atoms with Gasteiger partial charge in [0.1, 0.15) is 12.0 Å². The van der Waals surface area contributed by atoms with Crippen molar-refractivity contribution in [3.8, 4) is 5.75 Å². The third-order valence-electron chi connectivity index (χ3n) is 2.48. The summed E-state index contributed by atoms with van der Waals surface area (Å²) in [5.74, 6) is 1.27. The number of methoxy groups -OCH3 is 2. The Hall–Kier alpha value is -1.06. The van der Waals surface area contributed by atoms with Crippen molar-refractivity contribution in [2.24, 2.45) is 5.73 Å². The van der Waals surface area contributed by atoms with Crippen molar-refractivity contribution in [3.05, 3.63) is 29.3 Å². The highest BCUT2D eigenvalue weighted by atomic mass is 16.5. The van der Waals surface area contributed by atoms with Crippen LogP contribution in [0.1, 0.15) is 37.1 Å². The Kier molecular flexibility index (Phi) is 4.12. The summed E-state index contributed by atoms with van der Waals surface area (Å²) >= 11 is 0. The number of hydrogen-bond donors (Lipinski definition) is 1. The molecule has 0 amide bonds. The Balaban J connectivity index is 3.09. The van der Waals surface area contributed by atoms with Gasteiger partial charge in [-0.15, -0.1) is 0 Å². The SMILES string of the molecule is COc1cc(C(C)C)ccc1C(N)OC. The molecule has 15 heavy (non-hydrogen) atoms. The predicted molar refractivity (Wildman–Crippen MR) is 61.0 cm³/mol. The van der Waals surface area contributed by atoms with E-state index in [1.807, 2.05) is 12.1 Å². The normalized spacial score (nSPS) is 12.9. The summed E-state index contributed by atoms with van der Waals surface area (Å²) in [7, 11) is 3.23. The first-order valence-electron chi connectivity index (χ1n) is 5.06. The van der Waals surface area contributed by atoms with Gasteiger partial charge in [-0.25, -0.2) is 0 Å². The first-order chi connectivity index (χ1) is 7.10. The minimum absolute atomic E-state index is 0.429. The zero-order valence-electron chi connectivity index (χ0n) is 9.78. The van der Waals surface area contributed by atoms with Crippen LogP contribution in [-0.2, 0) is 4.74 Å². The van der Waals surface area contributed by atoms with Crippen molar-refractivity contribution >= 4 is 0 Å². The van der Waals surface area contributed by atoms with Crippen molar-refractivity contribution in [3.63, 3.8) is 0 Å². The van der Waals surface area contributed by atoms with Gasteiger partial charge in [-0.05, 0) is 17.5 Å². The lowest BCUT2D eigenvalue weighted by Gasteiger charge is -2.16. The number of rotatable bonds is 4. The highest BCUT2D eigenvalue weighted by molar-refractivity contribution is 5.39. The van der Waals surface area contributed by atoms with E-state index in [4.69, 9.17) is 15.2 Å². The fraction of sp³-hybridized carbons (Fsp3) is 0.500. The van der Waals surface area contributed by atoms with Crippen LogP contribution in [0.3, 0.4) is 0 Å². The second kappa shape index (κ2) is 5.14. The van der Waals surface area contributed by atoms with Crippen LogP contribution in [0.15, 0.2) is 18.2 Å². The third kappa shape index (κ3) is 2.70. The molecule has 0 saturated carbocycles. The molecule has 3 nitrogen and oxygen atoms in total. The van der Waals surface area contributed by atoms with Gasteiger partial charge < -0.3 is 15.2 Å². The van der Waals surface area contributed by atoms with Crippen LogP contribution in [0, 0.1) is 0 Å². The molecule has 0 fully saturated rings. The Bertz CT molecular complexity index is 323. The first kappa shape index (κ1) is 12.0. The summed E-state index contributed by atoms with van der Waals surface area (Å²) in [6, 6.07) is 6.03. The molecule has 0 aromatic heterocycles. The Morgan fingerprint density at radius 1 is 1.20 bits per heavy atom. The largest absolute Gasteiger partial charge is 0.496 e. The van der Waals surface area contributed by atoms with Crippen molar-refractivity contribution in [1.29, 1.82) is 0 Å². The van der Waals surface area contributed by atoms with Crippen molar-refractivity contribution in [2.45, 2.75) is 26.0 Å². The van der Waals surface area contributed by atoms with E-state index >= 15 is 0 Å². The van der Waals surface area contributed by atoms with E-state index in [1.54, 1.807) is 14.2 Å². The van der Waals surface area contributed by atoms with E-state index in [0.717, 1.165) is 11.3 Å². The maximum Gasteiger partial charge on any atom is 0.135 e. The summed E-state index contributed by atoms with van der Waals surface area (Å²) in [6.45, 7) is 4.29. The van der Waals surface area contributed by atoms with Gasteiger partial charge in [-0.2, -0.15) is 0 Å². The maximum atomic E-state index is 5.79. The minimum atomic E-state index is -0.429. The summed E-state index contributed by atoms with van der Waals surface area (Å²) < 4.78 is 10.4. The second-order valence-electron chi connectivity index (χ2n) is 3.81. The van der Waals surface area contributed by atoms with Crippen molar-refractivity contribution < 1.29 is 9.47 Å². The maximum absolute atomic E-state index is 5.79. The van der Waals surface area contributed by atoms with Gasteiger partial charge >= 0.3 is 0 Å². The highest BCUT2D eigenvalue weighted by Crippen LogP contribution is 2.28. The second-order valence-corrected chi connectivity index (χ2v) is 3.81. The molecule has 0 heterocycles. The van der Waals surface area contributed by atoms with Gasteiger partial charge in [-0.1, -0.05) is 26.0 Å². The molecule has 1 atom stereocenters. The van der Waals surface area contributed by atoms with E-state index in [0.29, 0.717) is 5.92 Å². The molecule has 1 unspecified atom stereocenters. The lowest BCUT2D eigenvalue weighted by Crippen LogP contribution is -2.13. The van der Waals surface area contributed by atoms with Crippen LogP contribution in [0.25, 0.3) is 0 Å². The van der Waals surface area contributed by atoms with E-state index < -0.39 is 6.23 Å². The summed E-state index contributed by atoms with van der Waals surface area (Å²) in [5.41, 5.74) is 7.91. The van der Waals surface area contributed by atoms with Crippen LogP contribution in [-0.4, -0.2) is 14.2 Å². The molecule has 1 aromatic carbocycles. The molecule has 0 spiro atoms. The molecule has 0 saturated heterocycles. The van der Waals surface area contributed by atoms with E-state index in [-0.39, 0.29) is 0 Å². The number of hydrogen-bond acceptors (Lipinski definition) is 3. The zero-order chi connectivity index (χ0) is 11.4. The van der Waals surface area contributed by atoms with Gasteiger partial charge in [0.25, 0.3) is 0 Å². The van der Waals surface area contributed by atoms with Crippen LogP contribution in [0.5, 0.6) is 5.75 Å². The molecule has 0 aliphatic heterocycles. The molecule has 0 bridgehead atoms. The quantitative estimate of drug-likeness (QED) is 0.774. The summed E-state index contributed by atoms with van der Waals surface area (Å²) in [4.78, 5) is 0. The van der Waals surface area contributed by atoms with E-state index in [1.165, 1.54) is 5.56 Å². The zero-order valence-corrected chi connectivity index (χ0v) is 9.78. The smallest absolute Gasteiger partial charge is 0.135 e. The topological polar surface area (TPSA) is 44.5 Å². The predicted octanol–water partition coefficient (Wildman–Crippen LogP) is 2.42. The van der Waals surface area contributed by atoms with Crippen LogP contribution < -0.4 is 10.5 Å². The van der Waals surface area contributed by atoms with Crippen LogP contribution in [0.4, 0.5) is 0 Å². The van der Waals surface area contributed by atoms with Gasteiger partial charge in [0.05, 0.1) is 7.11 Å². The van der Waals surface area contributed by atoms with Gasteiger partial charge in [0.2, 0.25) is 0 Å². The molecule has 0 aliphatic carbocycles. The average Bonchev–Trinajstić information content (AvgIpc) is 2.27. The Labute approximate surface area is 91.2 Å². The molecule has 0 radical (unpaired) electrons. The molecular weight excluding hydrogens is 190 g/mol. The first-order valence-corrected chi connectivity index (χ1v) is 5.06. The van der Waals surface area contributed by atoms with Gasteiger partial charge in [-0.3, -0.25) is 0 Å². The Morgan fingerprint density at radius 2 is 1.87 bits per heavy atom. The number of benzene rings is 1. The van der Waals surface area contributed by atoms with Crippen LogP contribution in [0.2, 0.25) is 0 Å². The molecule has 3 heteroatoms. The monoisotopic (exact) mass is 209 g/mol. The summed E-state index contributed by atoms with van der Waals surface area (Å²) in [6.07, 6.45) is -0.429. The van der Waals surface area contributed by atoms with Crippen molar-refractivity contribution in [2.75, 3.05) is 14.2 Å². The third-order valence-corrected chi connectivity index (χ3v) is 2.48. The fourth-order valence-electron chi connectivity index (χ4n) is 1.45. The van der Waals surface area contributed by atoms with Crippen molar-refractivity contribution in [1.82, 2.24) is 0 Å². The summed E-state index contributed by atoms with van der Waals surface area (Å²) in [5, 5.41) is 0. The molecule has 0 aliphatic rings.